The van der Waals surface area contributed by atoms with Gasteiger partial charge in [-0.1, -0.05) is 184 Å². The molecule has 3 nitrogen and oxygen atoms in total. The number of aromatic nitrogens is 3. The average Bonchev–Trinajstić information content (AvgIpc) is 3.53. The van der Waals surface area contributed by atoms with Crippen LogP contribution in [0.25, 0.3) is 110 Å². The SMILES string of the molecule is CC1(C)c2ccccc2-c2c(-c3ccc4c(-c5nc(-c6cc7ccccc7c7ccccc67)nc(-c6cc7ccccc7c7ccccc67)n5)cccc4c3)cccc21. The van der Waals surface area contributed by atoms with E-state index >= 15 is 0 Å². The van der Waals surface area contributed by atoms with Crippen molar-refractivity contribution in [3.8, 4) is 56.4 Å². The van der Waals surface area contributed by atoms with Crippen LogP contribution in [0.4, 0.5) is 0 Å². The van der Waals surface area contributed by atoms with Crippen LogP contribution in [0.2, 0.25) is 0 Å². The normalized spacial score (nSPS) is 13.1. The van der Waals surface area contributed by atoms with Crippen LogP contribution in [0.15, 0.2) is 188 Å². The Balaban J connectivity index is 1.10. The molecule has 0 saturated heterocycles. The zero-order chi connectivity index (χ0) is 39.2. The topological polar surface area (TPSA) is 38.7 Å². The van der Waals surface area contributed by atoms with Crippen molar-refractivity contribution in [3.05, 3.63) is 199 Å². The van der Waals surface area contributed by atoms with Gasteiger partial charge >= 0.3 is 0 Å². The van der Waals surface area contributed by atoms with Crippen molar-refractivity contribution in [1.29, 1.82) is 0 Å². The zero-order valence-electron chi connectivity index (χ0n) is 32.7. The summed E-state index contributed by atoms with van der Waals surface area (Å²) in [6, 6.07) is 67.8. The largest absolute Gasteiger partial charge is 0.208 e. The molecular formula is C56H37N3. The van der Waals surface area contributed by atoms with Gasteiger partial charge in [0.25, 0.3) is 0 Å². The van der Waals surface area contributed by atoms with Crippen LogP contribution in [0.1, 0.15) is 25.0 Å². The quantitative estimate of drug-likeness (QED) is 0.168. The first-order chi connectivity index (χ1) is 29.0. The minimum Gasteiger partial charge on any atom is -0.208 e. The van der Waals surface area contributed by atoms with Crippen LogP contribution in [0.3, 0.4) is 0 Å². The molecule has 59 heavy (non-hydrogen) atoms. The van der Waals surface area contributed by atoms with Gasteiger partial charge in [-0.25, -0.2) is 15.0 Å². The summed E-state index contributed by atoms with van der Waals surface area (Å²) >= 11 is 0. The highest BCUT2D eigenvalue weighted by atomic mass is 15.0. The summed E-state index contributed by atoms with van der Waals surface area (Å²) in [5.74, 6) is 1.95. The zero-order valence-corrected chi connectivity index (χ0v) is 32.7. The lowest BCUT2D eigenvalue weighted by atomic mass is 9.82. The first-order valence-electron chi connectivity index (χ1n) is 20.4. The second-order valence-corrected chi connectivity index (χ2v) is 16.3. The number of hydrogen-bond acceptors (Lipinski definition) is 3. The molecule has 0 unspecified atom stereocenters. The van der Waals surface area contributed by atoms with Crippen LogP contribution in [0.5, 0.6) is 0 Å². The fourth-order valence-electron chi connectivity index (χ4n) is 9.86. The molecule has 0 saturated carbocycles. The molecule has 276 valence electrons. The predicted molar refractivity (Wildman–Crippen MR) is 247 cm³/mol. The Morgan fingerprint density at radius 2 is 0.746 bits per heavy atom. The molecule has 1 heterocycles. The summed E-state index contributed by atoms with van der Waals surface area (Å²) in [7, 11) is 0. The molecule has 3 heteroatoms. The Kier molecular flexibility index (Phi) is 7.27. The molecule has 0 N–H and O–H groups in total. The Hall–Kier alpha value is -7.49. The molecular weight excluding hydrogens is 715 g/mol. The molecule has 0 atom stereocenters. The Labute approximate surface area is 342 Å². The molecule has 11 aromatic rings. The van der Waals surface area contributed by atoms with Crippen molar-refractivity contribution in [2.45, 2.75) is 19.3 Å². The molecule has 0 spiro atoms. The molecule has 0 radical (unpaired) electrons. The highest BCUT2D eigenvalue weighted by molar-refractivity contribution is 6.15. The molecule has 0 aliphatic heterocycles. The van der Waals surface area contributed by atoms with E-state index in [9.17, 15) is 0 Å². The summed E-state index contributed by atoms with van der Waals surface area (Å²) < 4.78 is 0. The third-order valence-corrected chi connectivity index (χ3v) is 12.7. The van der Waals surface area contributed by atoms with Gasteiger partial charge in [0.15, 0.2) is 17.5 Å². The van der Waals surface area contributed by atoms with E-state index in [4.69, 9.17) is 15.0 Å². The maximum absolute atomic E-state index is 5.40. The number of hydrogen-bond donors (Lipinski definition) is 0. The molecule has 1 aromatic heterocycles. The second kappa shape index (κ2) is 12.8. The maximum atomic E-state index is 5.40. The van der Waals surface area contributed by atoms with Crippen molar-refractivity contribution in [1.82, 2.24) is 15.0 Å². The van der Waals surface area contributed by atoms with Crippen molar-refractivity contribution in [2.24, 2.45) is 0 Å². The lowest BCUT2D eigenvalue weighted by molar-refractivity contribution is 0.660. The molecule has 1 aliphatic rings. The van der Waals surface area contributed by atoms with Crippen molar-refractivity contribution >= 4 is 53.9 Å². The van der Waals surface area contributed by atoms with Crippen LogP contribution < -0.4 is 0 Å². The van der Waals surface area contributed by atoms with Gasteiger partial charge in [-0.05, 0) is 105 Å². The number of rotatable bonds is 4. The van der Waals surface area contributed by atoms with Crippen LogP contribution in [-0.2, 0) is 5.41 Å². The Morgan fingerprint density at radius 3 is 1.39 bits per heavy atom. The van der Waals surface area contributed by atoms with Crippen LogP contribution in [-0.4, -0.2) is 15.0 Å². The summed E-state index contributed by atoms with van der Waals surface area (Å²) in [6.45, 7) is 4.68. The van der Waals surface area contributed by atoms with Crippen LogP contribution >= 0.6 is 0 Å². The summed E-state index contributed by atoms with van der Waals surface area (Å²) in [5, 5.41) is 11.5. The van der Waals surface area contributed by atoms with E-state index < -0.39 is 0 Å². The summed E-state index contributed by atoms with van der Waals surface area (Å²) in [4.78, 5) is 16.2. The Morgan fingerprint density at radius 1 is 0.305 bits per heavy atom. The summed E-state index contributed by atoms with van der Waals surface area (Å²) in [5.41, 5.74) is 10.7. The van der Waals surface area contributed by atoms with E-state index in [0.717, 1.165) is 49.0 Å². The van der Waals surface area contributed by atoms with Gasteiger partial charge in [0.2, 0.25) is 0 Å². The van der Waals surface area contributed by atoms with Crippen molar-refractivity contribution < 1.29 is 0 Å². The fourth-order valence-corrected chi connectivity index (χ4v) is 9.86. The van der Waals surface area contributed by atoms with Gasteiger partial charge in [0.1, 0.15) is 0 Å². The number of benzene rings is 10. The maximum Gasteiger partial charge on any atom is 0.164 e. The van der Waals surface area contributed by atoms with Crippen molar-refractivity contribution in [2.75, 3.05) is 0 Å². The first kappa shape index (κ1) is 33.6. The third-order valence-electron chi connectivity index (χ3n) is 12.7. The van der Waals surface area contributed by atoms with Gasteiger partial charge in [-0.2, -0.15) is 0 Å². The monoisotopic (exact) mass is 751 g/mol. The molecule has 0 amide bonds. The van der Waals surface area contributed by atoms with Gasteiger partial charge in [0.05, 0.1) is 0 Å². The first-order valence-corrected chi connectivity index (χ1v) is 20.4. The predicted octanol–water partition coefficient (Wildman–Crippen LogP) is 14.6. The van der Waals surface area contributed by atoms with Gasteiger partial charge in [-0.15, -0.1) is 0 Å². The number of nitrogens with zero attached hydrogens (tertiary/aromatic N) is 3. The molecule has 0 fully saturated rings. The second-order valence-electron chi connectivity index (χ2n) is 16.3. The standard InChI is InChI=1S/C56H37N3/c1-56(2)50-27-12-11-24-47(50)52-41(25-14-28-51(52)56)37-29-30-40-34(31-37)17-13-26-46(40)53-57-54(48-32-35-15-3-5-18-38(35)42-20-7-9-22-44(42)48)59-55(58-53)49-33-36-16-4-6-19-39(36)43-21-8-10-23-45(43)49/h3-33H,1-2H3. The fraction of sp³-hybridized carbons (Fsp3) is 0.0536. The molecule has 1 aliphatic carbocycles. The molecule has 10 aromatic carbocycles. The minimum atomic E-state index is -0.0627. The van der Waals surface area contributed by atoms with E-state index in [1.807, 2.05) is 0 Å². The van der Waals surface area contributed by atoms with Crippen LogP contribution in [0, 0.1) is 0 Å². The van der Waals surface area contributed by atoms with E-state index in [1.54, 1.807) is 0 Å². The van der Waals surface area contributed by atoms with E-state index in [0.29, 0.717) is 17.5 Å². The van der Waals surface area contributed by atoms with Crippen molar-refractivity contribution in [3.63, 3.8) is 0 Å². The summed E-state index contributed by atoms with van der Waals surface area (Å²) in [6.07, 6.45) is 0. The highest BCUT2D eigenvalue weighted by Gasteiger charge is 2.36. The molecule has 0 bridgehead atoms. The molecule has 12 rings (SSSR count). The van der Waals surface area contributed by atoms with E-state index in [-0.39, 0.29) is 5.41 Å². The van der Waals surface area contributed by atoms with Gasteiger partial charge < -0.3 is 0 Å². The lowest BCUT2D eigenvalue weighted by Crippen LogP contribution is -2.14. The Bertz CT molecular complexity index is 3410. The lowest BCUT2D eigenvalue weighted by Gasteiger charge is -2.21. The highest BCUT2D eigenvalue weighted by Crippen LogP contribution is 2.52. The minimum absolute atomic E-state index is 0.0627. The number of fused-ring (bicyclic) bond motifs is 10. The average molecular weight is 752 g/mol. The van der Waals surface area contributed by atoms with Gasteiger partial charge in [0, 0.05) is 22.1 Å². The third kappa shape index (κ3) is 5.11. The smallest absolute Gasteiger partial charge is 0.164 e. The van der Waals surface area contributed by atoms with E-state index in [2.05, 4.69) is 202 Å². The van der Waals surface area contributed by atoms with E-state index in [1.165, 1.54) is 54.9 Å². The van der Waals surface area contributed by atoms with Gasteiger partial charge in [-0.3, -0.25) is 0 Å².